The van der Waals surface area contributed by atoms with Crippen LogP contribution in [0.5, 0.6) is 11.5 Å². The van der Waals surface area contributed by atoms with Crippen LogP contribution in [0.3, 0.4) is 0 Å². The Labute approximate surface area is 129 Å². The van der Waals surface area contributed by atoms with Gasteiger partial charge in [-0.25, -0.2) is 0 Å². The summed E-state index contributed by atoms with van der Waals surface area (Å²) in [6.07, 6.45) is 6.32. The first-order valence-electron chi connectivity index (χ1n) is 7.50. The molecule has 0 aromatic heterocycles. The summed E-state index contributed by atoms with van der Waals surface area (Å²) in [6, 6.07) is 1.86. The number of carbonyl (C=O) groups is 1. The molecular weight excluding hydrogens is 290 g/mol. The number of fused-ring (bicyclic) bond motifs is 1. The molecule has 2 aliphatic rings. The van der Waals surface area contributed by atoms with Crippen LogP contribution in [0, 0.1) is 0 Å². The number of hydrogen-bond acceptors (Lipinski definition) is 4. The zero-order valence-electron chi connectivity index (χ0n) is 12.0. The number of ether oxygens (including phenoxy) is 2. The van der Waals surface area contributed by atoms with Crippen LogP contribution in [0.25, 0.3) is 0 Å². The minimum Gasteiger partial charge on any atom is -0.486 e. The number of halogens is 1. The summed E-state index contributed by atoms with van der Waals surface area (Å²) in [6.45, 7) is 1.48. The number of aldehydes is 1. The molecule has 1 saturated carbocycles. The molecule has 21 heavy (non-hydrogen) atoms. The zero-order valence-corrected chi connectivity index (χ0v) is 12.7. The van der Waals surface area contributed by atoms with Crippen molar-refractivity contribution in [3.63, 3.8) is 0 Å². The van der Waals surface area contributed by atoms with Crippen LogP contribution in [0.2, 0.25) is 5.02 Å². The molecule has 3 rings (SSSR count). The highest BCUT2D eigenvalue weighted by Gasteiger charge is 2.38. The van der Waals surface area contributed by atoms with Crippen LogP contribution in [-0.4, -0.2) is 26.0 Å². The molecule has 0 spiro atoms. The predicted octanol–water partition coefficient (Wildman–Crippen LogP) is 3.08. The Morgan fingerprint density at radius 1 is 1.19 bits per heavy atom. The second-order valence-corrected chi connectivity index (χ2v) is 6.24. The van der Waals surface area contributed by atoms with Crippen molar-refractivity contribution in [3.8, 4) is 11.5 Å². The topological polar surface area (TPSA) is 61.6 Å². The van der Waals surface area contributed by atoms with E-state index in [0.717, 1.165) is 37.5 Å². The van der Waals surface area contributed by atoms with Crippen LogP contribution in [-0.2, 0) is 5.41 Å². The number of benzene rings is 1. The average molecular weight is 310 g/mol. The monoisotopic (exact) mass is 309 g/mol. The van der Waals surface area contributed by atoms with Crippen molar-refractivity contribution in [2.45, 2.75) is 37.5 Å². The van der Waals surface area contributed by atoms with Crippen molar-refractivity contribution in [2.24, 2.45) is 5.73 Å². The molecule has 1 aliphatic heterocycles. The van der Waals surface area contributed by atoms with Gasteiger partial charge in [-0.15, -0.1) is 0 Å². The molecule has 1 aromatic carbocycles. The number of hydrogen-bond donors (Lipinski definition) is 1. The highest BCUT2D eigenvalue weighted by Crippen LogP contribution is 2.49. The molecule has 1 aromatic rings. The summed E-state index contributed by atoms with van der Waals surface area (Å²) in [5, 5.41) is 0.419. The van der Waals surface area contributed by atoms with Crippen molar-refractivity contribution >= 4 is 17.9 Å². The maximum Gasteiger partial charge on any atom is 0.173 e. The highest BCUT2D eigenvalue weighted by molar-refractivity contribution is 6.33. The van der Waals surface area contributed by atoms with E-state index in [1.165, 1.54) is 6.42 Å². The van der Waals surface area contributed by atoms with E-state index in [0.29, 0.717) is 41.8 Å². The van der Waals surface area contributed by atoms with E-state index in [9.17, 15) is 4.79 Å². The SMILES string of the molecule is NCC1(c2cc(Cl)c(C=O)c3c2OCCO3)CCCCC1. The van der Waals surface area contributed by atoms with Gasteiger partial charge in [-0.3, -0.25) is 4.79 Å². The minimum atomic E-state index is -0.117. The van der Waals surface area contributed by atoms with E-state index in [-0.39, 0.29) is 5.41 Å². The summed E-state index contributed by atoms with van der Waals surface area (Å²) < 4.78 is 11.5. The van der Waals surface area contributed by atoms with Gasteiger partial charge in [0, 0.05) is 17.5 Å². The van der Waals surface area contributed by atoms with Crippen molar-refractivity contribution in [1.82, 2.24) is 0 Å². The smallest absolute Gasteiger partial charge is 0.173 e. The molecular formula is C16H20ClNO3. The van der Waals surface area contributed by atoms with Crippen molar-refractivity contribution in [1.29, 1.82) is 0 Å². The lowest BCUT2D eigenvalue weighted by Gasteiger charge is -2.39. The van der Waals surface area contributed by atoms with E-state index in [2.05, 4.69) is 0 Å². The van der Waals surface area contributed by atoms with Crippen LogP contribution < -0.4 is 15.2 Å². The fourth-order valence-electron chi connectivity index (χ4n) is 3.51. The van der Waals surface area contributed by atoms with Gasteiger partial charge < -0.3 is 15.2 Å². The molecule has 0 unspecified atom stereocenters. The average Bonchev–Trinajstić information content (AvgIpc) is 2.55. The molecule has 2 N–H and O–H groups in total. The van der Waals surface area contributed by atoms with Crippen molar-refractivity contribution in [3.05, 3.63) is 22.2 Å². The minimum absolute atomic E-state index is 0.117. The molecule has 0 amide bonds. The first kappa shape index (κ1) is 14.7. The van der Waals surface area contributed by atoms with E-state index in [1.54, 1.807) is 0 Å². The van der Waals surface area contributed by atoms with Gasteiger partial charge >= 0.3 is 0 Å². The largest absolute Gasteiger partial charge is 0.486 e. The molecule has 0 saturated heterocycles. The van der Waals surface area contributed by atoms with Gasteiger partial charge in [-0.2, -0.15) is 0 Å². The quantitative estimate of drug-likeness (QED) is 0.872. The Balaban J connectivity index is 2.17. The van der Waals surface area contributed by atoms with Gasteiger partial charge in [0.2, 0.25) is 0 Å². The fraction of sp³-hybridized carbons (Fsp3) is 0.562. The van der Waals surface area contributed by atoms with Crippen molar-refractivity contribution in [2.75, 3.05) is 19.8 Å². The van der Waals surface area contributed by atoms with Gasteiger partial charge in [-0.1, -0.05) is 30.9 Å². The van der Waals surface area contributed by atoms with E-state index in [1.807, 2.05) is 6.07 Å². The molecule has 1 aliphatic carbocycles. The lowest BCUT2D eigenvalue weighted by atomic mass is 9.69. The third-order valence-electron chi connectivity index (χ3n) is 4.69. The van der Waals surface area contributed by atoms with E-state index in [4.69, 9.17) is 26.8 Å². The molecule has 0 radical (unpaired) electrons. The van der Waals surface area contributed by atoms with E-state index >= 15 is 0 Å². The standard InChI is InChI=1S/C16H20ClNO3/c17-13-8-12(16(10-18)4-2-1-3-5-16)15-14(11(13)9-19)20-6-7-21-15/h8-9H,1-7,10,18H2. The Bertz CT molecular complexity index is 553. The summed E-state index contributed by atoms with van der Waals surface area (Å²) >= 11 is 6.30. The number of carbonyl (C=O) groups excluding carboxylic acids is 1. The van der Waals surface area contributed by atoms with Crippen LogP contribution in [0.4, 0.5) is 0 Å². The van der Waals surface area contributed by atoms with Gasteiger partial charge in [-0.05, 0) is 18.9 Å². The number of rotatable bonds is 3. The summed E-state index contributed by atoms with van der Waals surface area (Å²) in [5.41, 5.74) is 7.38. The van der Waals surface area contributed by atoms with Crippen LogP contribution >= 0.6 is 11.6 Å². The second kappa shape index (κ2) is 5.85. The number of nitrogens with two attached hydrogens (primary N) is 1. The predicted molar refractivity (Wildman–Crippen MR) is 81.6 cm³/mol. The third-order valence-corrected chi connectivity index (χ3v) is 5.00. The highest BCUT2D eigenvalue weighted by atomic mass is 35.5. The maximum absolute atomic E-state index is 11.3. The Morgan fingerprint density at radius 2 is 1.86 bits per heavy atom. The third kappa shape index (κ3) is 2.40. The summed E-state index contributed by atoms with van der Waals surface area (Å²) in [5.74, 6) is 1.15. The molecule has 0 bridgehead atoms. The van der Waals surface area contributed by atoms with Gasteiger partial charge in [0.05, 0.1) is 10.6 Å². The van der Waals surface area contributed by atoms with Gasteiger partial charge in [0.25, 0.3) is 0 Å². The lowest BCUT2D eigenvalue weighted by Crippen LogP contribution is -2.38. The first-order valence-corrected chi connectivity index (χ1v) is 7.87. The maximum atomic E-state index is 11.3. The molecule has 5 heteroatoms. The normalized spacial score (nSPS) is 20.1. The Kier molecular flexibility index (Phi) is 4.09. The van der Waals surface area contributed by atoms with Gasteiger partial charge in [0.15, 0.2) is 17.8 Å². The van der Waals surface area contributed by atoms with Crippen LogP contribution in [0.15, 0.2) is 6.07 Å². The second-order valence-electron chi connectivity index (χ2n) is 5.84. The van der Waals surface area contributed by atoms with Crippen LogP contribution in [0.1, 0.15) is 48.0 Å². The Morgan fingerprint density at radius 3 is 2.48 bits per heavy atom. The molecule has 4 nitrogen and oxygen atoms in total. The lowest BCUT2D eigenvalue weighted by molar-refractivity contribution is 0.111. The van der Waals surface area contributed by atoms with E-state index < -0.39 is 0 Å². The summed E-state index contributed by atoms with van der Waals surface area (Å²) in [7, 11) is 0. The zero-order chi connectivity index (χ0) is 14.9. The van der Waals surface area contributed by atoms with Crippen molar-refractivity contribution < 1.29 is 14.3 Å². The fourth-order valence-corrected chi connectivity index (χ4v) is 3.75. The summed E-state index contributed by atoms with van der Waals surface area (Å²) in [4.78, 5) is 11.3. The first-order chi connectivity index (χ1) is 10.2. The molecule has 0 atom stereocenters. The molecule has 114 valence electrons. The Hall–Kier alpha value is -1.26. The van der Waals surface area contributed by atoms with Gasteiger partial charge in [0.1, 0.15) is 13.2 Å². The molecule has 1 heterocycles. The molecule has 1 fully saturated rings.